The molecule has 0 bridgehead atoms. The third kappa shape index (κ3) is 4.18. The van der Waals surface area contributed by atoms with E-state index in [4.69, 9.17) is 14.2 Å². The van der Waals surface area contributed by atoms with Crippen LogP contribution in [0.2, 0.25) is 0 Å². The Morgan fingerprint density at radius 3 is 2.61 bits per heavy atom. The molecule has 1 unspecified atom stereocenters. The summed E-state index contributed by atoms with van der Waals surface area (Å²) in [6, 6.07) is 5.36. The van der Waals surface area contributed by atoms with Crippen LogP contribution >= 0.6 is 0 Å². The summed E-state index contributed by atoms with van der Waals surface area (Å²) in [5.74, 6) is 1.35. The van der Waals surface area contributed by atoms with Gasteiger partial charge in [-0.15, -0.1) is 0 Å². The number of ether oxygens (including phenoxy) is 3. The van der Waals surface area contributed by atoms with Crippen molar-refractivity contribution in [2.24, 2.45) is 0 Å². The van der Waals surface area contributed by atoms with Crippen LogP contribution in [0.4, 0.5) is 0 Å². The fraction of sp³-hybridized carbons (Fsp3) is 0.538. The van der Waals surface area contributed by atoms with Crippen molar-refractivity contribution in [2.45, 2.75) is 6.10 Å². The summed E-state index contributed by atoms with van der Waals surface area (Å²) in [5.41, 5.74) is 0.710. The second-order valence-electron chi connectivity index (χ2n) is 3.82. The van der Waals surface area contributed by atoms with Crippen LogP contribution in [0.3, 0.4) is 0 Å². The third-order valence-electron chi connectivity index (χ3n) is 2.62. The van der Waals surface area contributed by atoms with Gasteiger partial charge in [0.15, 0.2) is 0 Å². The maximum absolute atomic E-state index is 10.1. The molecule has 1 aromatic rings. The fourth-order valence-electron chi connectivity index (χ4n) is 1.62. The van der Waals surface area contributed by atoms with E-state index < -0.39 is 6.10 Å². The van der Waals surface area contributed by atoms with E-state index >= 15 is 0 Å². The molecule has 0 aliphatic heterocycles. The molecule has 0 aliphatic rings. The first-order valence-electron chi connectivity index (χ1n) is 5.82. The van der Waals surface area contributed by atoms with Gasteiger partial charge in [0.25, 0.3) is 0 Å². The first-order chi connectivity index (χ1) is 8.72. The molecule has 0 aromatic heterocycles. The van der Waals surface area contributed by atoms with Crippen LogP contribution in [0.5, 0.6) is 11.5 Å². The second kappa shape index (κ2) is 7.92. The number of aliphatic hydroxyl groups is 1. The molecule has 2 N–H and O–H groups in total. The molecule has 0 radical (unpaired) electrons. The first kappa shape index (κ1) is 14.8. The molecule has 0 amide bonds. The molecule has 1 atom stereocenters. The molecule has 5 heteroatoms. The lowest BCUT2D eigenvalue weighted by molar-refractivity contribution is 0.158. The van der Waals surface area contributed by atoms with E-state index in [-0.39, 0.29) is 0 Å². The Balaban J connectivity index is 2.66. The van der Waals surface area contributed by atoms with E-state index in [1.165, 1.54) is 0 Å². The summed E-state index contributed by atoms with van der Waals surface area (Å²) in [4.78, 5) is 0. The van der Waals surface area contributed by atoms with E-state index in [1.807, 2.05) is 0 Å². The first-order valence-corrected chi connectivity index (χ1v) is 5.82. The molecule has 0 saturated heterocycles. The van der Waals surface area contributed by atoms with Crippen molar-refractivity contribution in [2.75, 3.05) is 41.0 Å². The zero-order chi connectivity index (χ0) is 13.4. The van der Waals surface area contributed by atoms with E-state index in [1.54, 1.807) is 39.5 Å². The molecule has 0 heterocycles. The van der Waals surface area contributed by atoms with E-state index in [2.05, 4.69) is 5.32 Å². The summed E-state index contributed by atoms with van der Waals surface area (Å²) in [7, 11) is 4.81. The predicted molar refractivity (Wildman–Crippen MR) is 69.3 cm³/mol. The number of rotatable bonds is 8. The highest BCUT2D eigenvalue weighted by atomic mass is 16.5. The van der Waals surface area contributed by atoms with Crippen molar-refractivity contribution < 1.29 is 19.3 Å². The Kier molecular flexibility index (Phi) is 6.49. The van der Waals surface area contributed by atoms with Gasteiger partial charge >= 0.3 is 0 Å². The van der Waals surface area contributed by atoms with Crippen molar-refractivity contribution in [3.05, 3.63) is 23.8 Å². The number of hydrogen-bond acceptors (Lipinski definition) is 5. The predicted octanol–water partition coefficient (Wildman–Crippen LogP) is 0.973. The zero-order valence-corrected chi connectivity index (χ0v) is 11.1. The summed E-state index contributed by atoms with van der Waals surface area (Å²) >= 11 is 0. The molecule has 1 aromatic carbocycles. The standard InChI is InChI=1S/C13H21NO4/c1-16-7-6-14-9-12(15)11-8-10(17-2)4-5-13(11)18-3/h4-5,8,12,14-15H,6-7,9H2,1-3H3. The van der Waals surface area contributed by atoms with Crippen LogP contribution in [-0.2, 0) is 4.74 Å². The lowest BCUT2D eigenvalue weighted by Crippen LogP contribution is -2.25. The van der Waals surface area contributed by atoms with Crippen molar-refractivity contribution in [1.29, 1.82) is 0 Å². The summed E-state index contributed by atoms with van der Waals surface area (Å²) < 4.78 is 15.3. The zero-order valence-electron chi connectivity index (χ0n) is 11.1. The molecule has 102 valence electrons. The largest absolute Gasteiger partial charge is 0.497 e. The highest BCUT2D eigenvalue weighted by Gasteiger charge is 2.14. The van der Waals surface area contributed by atoms with Crippen LogP contribution in [0.15, 0.2) is 18.2 Å². The Hall–Kier alpha value is -1.30. The molecule has 0 aliphatic carbocycles. The summed E-state index contributed by atoms with van der Waals surface area (Å²) in [6.07, 6.45) is -0.646. The van der Waals surface area contributed by atoms with Crippen molar-refractivity contribution in [3.63, 3.8) is 0 Å². The van der Waals surface area contributed by atoms with Gasteiger partial charge in [0.2, 0.25) is 0 Å². The molecule has 5 nitrogen and oxygen atoms in total. The number of hydrogen-bond donors (Lipinski definition) is 2. The smallest absolute Gasteiger partial charge is 0.124 e. The minimum absolute atomic E-state index is 0.437. The van der Waals surface area contributed by atoms with Gasteiger partial charge in [-0.2, -0.15) is 0 Å². The van der Waals surface area contributed by atoms with Gasteiger partial charge in [0.1, 0.15) is 11.5 Å². The second-order valence-corrected chi connectivity index (χ2v) is 3.82. The van der Waals surface area contributed by atoms with E-state index in [9.17, 15) is 5.11 Å². The van der Waals surface area contributed by atoms with E-state index in [0.29, 0.717) is 36.8 Å². The number of aliphatic hydroxyl groups excluding tert-OH is 1. The fourth-order valence-corrected chi connectivity index (χ4v) is 1.62. The van der Waals surface area contributed by atoms with Gasteiger partial charge < -0.3 is 24.6 Å². The minimum Gasteiger partial charge on any atom is -0.497 e. The van der Waals surface area contributed by atoms with Crippen molar-refractivity contribution in [3.8, 4) is 11.5 Å². The Labute approximate surface area is 108 Å². The van der Waals surface area contributed by atoms with Gasteiger partial charge in [0, 0.05) is 25.8 Å². The normalized spacial score (nSPS) is 12.2. The average molecular weight is 255 g/mol. The molecular formula is C13H21NO4. The maximum atomic E-state index is 10.1. The molecule has 0 saturated carbocycles. The van der Waals surface area contributed by atoms with Gasteiger partial charge in [-0.1, -0.05) is 0 Å². The van der Waals surface area contributed by atoms with Crippen LogP contribution in [0.25, 0.3) is 0 Å². The highest BCUT2D eigenvalue weighted by Crippen LogP contribution is 2.28. The number of methoxy groups -OCH3 is 3. The molecule has 1 rings (SSSR count). The SMILES string of the molecule is COCCNCC(O)c1cc(OC)ccc1OC. The van der Waals surface area contributed by atoms with Crippen molar-refractivity contribution >= 4 is 0 Å². The van der Waals surface area contributed by atoms with Gasteiger partial charge in [0.05, 0.1) is 26.9 Å². The van der Waals surface area contributed by atoms with Crippen LogP contribution in [0, 0.1) is 0 Å². The lowest BCUT2D eigenvalue weighted by Gasteiger charge is -2.16. The monoisotopic (exact) mass is 255 g/mol. The number of benzene rings is 1. The average Bonchev–Trinajstić information content (AvgIpc) is 2.42. The van der Waals surface area contributed by atoms with Gasteiger partial charge in [-0.3, -0.25) is 0 Å². The Bertz CT molecular complexity index is 357. The third-order valence-corrected chi connectivity index (χ3v) is 2.62. The minimum atomic E-state index is -0.646. The number of nitrogens with one attached hydrogen (secondary N) is 1. The lowest BCUT2D eigenvalue weighted by atomic mass is 10.1. The van der Waals surface area contributed by atoms with Gasteiger partial charge in [-0.25, -0.2) is 0 Å². The molecule has 0 spiro atoms. The van der Waals surface area contributed by atoms with E-state index in [0.717, 1.165) is 0 Å². The van der Waals surface area contributed by atoms with Crippen LogP contribution in [-0.4, -0.2) is 46.1 Å². The summed E-state index contributed by atoms with van der Waals surface area (Å²) in [5, 5.41) is 13.2. The maximum Gasteiger partial charge on any atom is 0.124 e. The van der Waals surface area contributed by atoms with Crippen LogP contribution < -0.4 is 14.8 Å². The molecule has 18 heavy (non-hydrogen) atoms. The molecular weight excluding hydrogens is 234 g/mol. The highest BCUT2D eigenvalue weighted by molar-refractivity contribution is 5.41. The van der Waals surface area contributed by atoms with Crippen LogP contribution in [0.1, 0.15) is 11.7 Å². The Morgan fingerprint density at radius 1 is 1.22 bits per heavy atom. The van der Waals surface area contributed by atoms with Crippen molar-refractivity contribution in [1.82, 2.24) is 5.32 Å². The van der Waals surface area contributed by atoms with Gasteiger partial charge in [-0.05, 0) is 18.2 Å². The summed E-state index contributed by atoms with van der Waals surface area (Å²) in [6.45, 7) is 1.74. The quantitative estimate of drug-likeness (QED) is 0.678. The Morgan fingerprint density at radius 2 is 2.00 bits per heavy atom. The topological polar surface area (TPSA) is 60.0 Å². The molecule has 0 fully saturated rings.